The zero-order valence-electron chi connectivity index (χ0n) is 13.0. The minimum atomic E-state index is -4.16. The number of rotatable bonds is 4. The number of aromatic amines is 1. The van der Waals surface area contributed by atoms with E-state index in [1.54, 1.807) is 6.92 Å². The van der Waals surface area contributed by atoms with E-state index in [4.69, 9.17) is 0 Å². The molecule has 3 aromatic rings. The molecule has 0 radical (unpaired) electrons. The van der Waals surface area contributed by atoms with Crippen LogP contribution in [0.5, 0.6) is 0 Å². The van der Waals surface area contributed by atoms with Crippen molar-refractivity contribution in [1.82, 2.24) is 19.6 Å². The first-order valence-corrected chi connectivity index (χ1v) is 8.40. The average Bonchev–Trinajstić information content (AvgIpc) is 2.88. The van der Waals surface area contributed by atoms with Gasteiger partial charge in [0.1, 0.15) is 0 Å². The molecule has 0 aliphatic heterocycles. The van der Waals surface area contributed by atoms with Crippen LogP contribution in [0, 0.1) is 24.0 Å². The van der Waals surface area contributed by atoms with E-state index in [1.807, 2.05) is 0 Å². The largest absolute Gasteiger partial charge is 0.274 e. The highest BCUT2D eigenvalue weighted by Crippen LogP contribution is 2.25. The van der Waals surface area contributed by atoms with Gasteiger partial charge in [-0.25, -0.2) is 18.1 Å². The summed E-state index contributed by atoms with van der Waals surface area (Å²) in [5, 5.41) is 13.5. The van der Waals surface area contributed by atoms with E-state index in [9.17, 15) is 23.3 Å². The van der Waals surface area contributed by atoms with Crippen LogP contribution >= 0.6 is 0 Å². The fraction of sp³-hybridized carbons (Fsp3) is 0.154. The van der Waals surface area contributed by atoms with E-state index in [1.165, 1.54) is 31.2 Å². The second kappa shape index (κ2) is 5.66. The van der Waals surface area contributed by atoms with Gasteiger partial charge >= 0.3 is 0 Å². The molecule has 0 aliphatic rings. The number of aryl methyl sites for hydroxylation is 1. The van der Waals surface area contributed by atoms with Crippen LogP contribution in [-0.2, 0) is 10.0 Å². The second-order valence-corrected chi connectivity index (χ2v) is 6.86. The summed E-state index contributed by atoms with van der Waals surface area (Å²) < 4.78 is 28.2. The second-order valence-electron chi connectivity index (χ2n) is 5.21. The lowest BCUT2D eigenvalue weighted by Crippen LogP contribution is -2.17. The molecule has 0 fully saturated rings. The summed E-state index contributed by atoms with van der Waals surface area (Å²) in [5.74, 6) is -0.237. The van der Waals surface area contributed by atoms with Gasteiger partial charge in [0.25, 0.3) is 27.0 Å². The van der Waals surface area contributed by atoms with E-state index in [2.05, 4.69) is 19.8 Å². The Morgan fingerprint density at radius 2 is 2.00 bits per heavy atom. The zero-order valence-corrected chi connectivity index (χ0v) is 13.9. The lowest BCUT2D eigenvalue weighted by Gasteiger charge is -2.08. The van der Waals surface area contributed by atoms with Crippen molar-refractivity contribution in [2.75, 3.05) is 4.72 Å². The number of nitro benzene ring substituents is 1. The smallest absolute Gasteiger partial charge is 0.267 e. The molecule has 1 aromatic carbocycles. The Morgan fingerprint density at radius 1 is 1.28 bits per heavy atom. The first-order chi connectivity index (χ1) is 11.7. The maximum absolute atomic E-state index is 12.5. The number of nitrogens with one attached hydrogen (secondary N) is 2. The van der Waals surface area contributed by atoms with Gasteiger partial charge in [-0.2, -0.15) is 9.50 Å². The minimum Gasteiger partial charge on any atom is -0.267 e. The Balaban J connectivity index is 2.06. The van der Waals surface area contributed by atoms with Crippen molar-refractivity contribution in [2.45, 2.75) is 18.7 Å². The van der Waals surface area contributed by atoms with Crippen molar-refractivity contribution in [2.24, 2.45) is 0 Å². The van der Waals surface area contributed by atoms with Crippen LogP contribution in [0.2, 0.25) is 0 Å². The van der Waals surface area contributed by atoms with Crippen molar-refractivity contribution in [3.05, 3.63) is 56.0 Å². The van der Waals surface area contributed by atoms with E-state index < -0.39 is 20.5 Å². The Labute approximate surface area is 140 Å². The molecule has 0 saturated carbocycles. The molecule has 0 atom stereocenters. The molecule has 11 nitrogen and oxygen atoms in total. The van der Waals surface area contributed by atoms with Crippen LogP contribution in [0.3, 0.4) is 0 Å². The Morgan fingerprint density at radius 3 is 2.68 bits per heavy atom. The fourth-order valence-electron chi connectivity index (χ4n) is 2.31. The Bertz CT molecular complexity index is 1160. The first-order valence-electron chi connectivity index (χ1n) is 6.92. The first kappa shape index (κ1) is 16.6. The standard InChI is InChI=1S/C13H12N6O5S/c1-7-6-11(20)18-13(14-7)15-12(16-18)17-25(23,24)10-5-3-4-9(8(10)2)19(21)22/h3-6H,1-2H3,(H2,14,15,16,17). The van der Waals surface area contributed by atoms with Crippen LogP contribution < -0.4 is 10.3 Å². The molecule has 0 bridgehead atoms. The van der Waals surface area contributed by atoms with Crippen molar-refractivity contribution >= 4 is 27.4 Å². The molecule has 3 rings (SSSR count). The van der Waals surface area contributed by atoms with Gasteiger partial charge < -0.3 is 0 Å². The van der Waals surface area contributed by atoms with Gasteiger partial charge in [-0.3, -0.25) is 20.0 Å². The number of H-pyrrole nitrogens is 1. The van der Waals surface area contributed by atoms with Gasteiger partial charge in [0.2, 0.25) is 5.95 Å². The van der Waals surface area contributed by atoms with Gasteiger partial charge in [-0.15, -0.1) is 0 Å². The van der Waals surface area contributed by atoms with Gasteiger partial charge in [0.15, 0.2) is 0 Å². The number of hydrogen-bond acceptors (Lipinski definition) is 7. The lowest BCUT2D eigenvalue weighted by molar-refractivity contribution is -0.385. The maximum Gasteiger partial charge on any atom is 0.274 e. The van der Waals surface area contributed by atoms with Crippen LogP contribution in [0.4, 0.5) is 11.6 Å². The van der Waals surface area contributed by atoms with Crippen molar-refractivity contribution in [3.8, 4) is 0 Å². The molecule has 130 valence electrons. The molecular formula is C13H12N6O5S. The van der Waals surface area contributed by atoms with Crippen LogP contribution in [-0.4, -0.2) is 32.9 Å². The zero-order chi connectivity index (χ0) is 18.4. The molecule has 2 N–H and O–H groups in total. The van der Waals surface area contributed by atoms with Crippen LogP contribution in [0.25, 0.3) is 5.78 Å². The summed E-state index contributed by atoms with van der Waals surface area (Å²) >= 11 is 0. The van der Waals surface area contributed by atoms with Crippen molar-refractivity contribution in [1.29, 1.82) is 0 Å². The van der Waals surface area contributed by atoms with Gasteiger partial charge in [-0.05, 0) is 19.9 Å². The number of sulfonamides is 1. The molecule has 0 saturated heterocycles. The highest BCUT2D eigenvalue weighted by Gasteiger charge is 2.24. The predicted octanol–water partition coefficient (Wildman–Crippen LogP) is 0.743. The third-order valence-electron chi connectivity index (χ3n) is 3.43. The number of benzene rings is 1. The molecule has 12 heteroatoms. The Kier molecular flexibility index (Phi) is 3.75. The van der Waals surface area contributed by atoms with Crippen molar-refractivity contribution in [3.63, 3.8) is 0 Å². The molecule has 0 spiro atoms. The third-order valence-corrected chi connectivity index (χ3v) is 4.91. The van der Waals surface area contributed by atoms with E-state index in [-0.39, 0.29) is 27.9 Å². The van der Waals surface area contributed by atoms with Crippen molar-refractivity contribution < 1.29 is 13.3 Å². The summed E-state index contributed by atoms with van der Waals surface area (Å²) in [6, 6.07) is 4.98. The monoisotopic (exact) mass is 364 g/mol. The lowest BCUT2D eigenvalue weighted by atomic mass is 10.2. The molecular weight excluding hydrogens is 352 g/mol. The molecule has 0 amide bonds. The summed E-state index contributed by atoms with van der Waals surface area (Å²) in [7, 11) is -4.16. The highest BCUT2D eigenvalue weighted by atomic mass is 32.2. The number of hydrogen-bond donors (Lipinski definition) is 2. The number of nitro groups is 1. The van der Waals surface area contributed by atoms with Gasteiger partial charge in [0, 0.05) is 23.4 Å². The number of anilines is 1. The predicted molar refractivity (Wildman–Crippen MR) is 87.0 cm³/mol. The SMILES string of the molecule is Cc1cc(=O)n2[nH]c(NS(=O)(=O)c3cccc([N+](=O)[O-])c3C)nc2n1. The summed E-state index contributed by atoms with van der Waals surface area (Å²) in [4.78, 5) is 29.8. The van der Waals surface area contributed by atoms with Crippen LogP contribution in [0.1, 0.15) is 11.3 Å². The van der Waals surface area contributed by atoms with Crippen LogP contribution in [0.15, 0.2) is 34.0 Å². The van der Waals surface area contributed by atoms with Gasteiger partial charge in [0.05, 0.1) is 9.82 Å². The summed E-state index contributed by atoms with van der Waals surface area (Å²) in [6.07, 6.45) is 0. The average molecular weight is 364 g/mol. The van der Waals surface area contributed by atoms with E-state index >= 15 is 0 Å². The maximum atomic E-state index is 12.5. The number of nitrogens with zero attached hydrogens (tertiary/aromatic N) is 4. The molecule has 2 heterocycles. The molecule has 0 aliphatic carbocycles. The molecule has 0 unspecified atom stereocenters. The molecule has 2 aromatic heterocycles. The highest BCUT2D eigenvalue weighted by molar-refractivity contribution is 7.92. The Hall–Kier alpha value is -3.28. The number of fused-ring (bicyclic) bond motifs is 1. The van der Waals surface area contributed by atoms with E-state index in [0.717, 1.165) is 4.52 Å². The number of aromatic nitrogens is 4. The van der Waals surface area contributed by atoms with Gasteiger partial charge in [-0.1, -0.05) is 6.07 Å². The normalized spacial score (nSPS) is 11.6. The van der Waals surface area contributed by atoms with E-state index in [0.29, 0.717) is 5.69 Å². The fourth-order valence-corrected chi connectivity index (χ4v) is 3.53. The molecule has 25 heavy (non-hydrogen) atoms. The summed E-state index contributed by atoms with van der Waals surface area (Å²) in [5.41, 5.74) is -0.351. The topological polar surface area (TPSA) is 152 Å². The minimum absolute atomic E-state index is 0.00142. The quantitative estimate of drug-likeness (QED) is 0.511. The third kappa shape index (κ3) is 2.94. The summed E-state index contributed by atoms with van der Waals surface area (Å²) in [6.45, 7) is 2.94.